The summed E-state index contributed by atoms with van der Waals surface area (Å²) in [5.41, 5.74) is 1.65. The largest absolute Gasteiger partial charge is 0.329 e. The number of amides is 1. The molecule has 0 bridgehead atoms. The fourth-order valence-electron chi connectivity index (χ4n) is 3.42. The highest BCUT2D eigenvalue weighted by Gasteiger charge is 2.30. The van der Waals surface area contributed by atoms with Crippen LogP contribution in [0.1, 0.15) is 40.7 Å². The van der Waals surface area contributed by atoms with E-state index in [4.69, 9.17) is 4.98 Å². The normalized spacial score (nSPS) is 18.8. The number of thiazole rings is 1. The maximum atomic E-state index is 13.1. The second-order valence-electron chi connectivity index (χ2n) is 6.51. The lowest BCUT2D eigenvalue weighted by molar-refractivity contribution is 0.0611. The second-order valence-corrected chi connectivity index (χ2v) is 8.95. The molecule has 3 aromatic rings. The molecule has 1 aliphatic heterocycles. The summed E-state index contributed by atoms with van der Waals surface area (Å²) in [6, 6.07) is 15.3. The maximum absolute atomic E-state index is 13.1. The summed E-state index contributed by atoms with van der Waals surface area (Å²) in [5.74, 6) is 0.0300. The Bertz CT molecular complexity index is 932. The summed E-state index contributed by atoms with van der Waals surface area (Å²) in [6.07, 6.45) is 4.72. The van der Waals surface area contributed by atoms with Crippen molar-refractivity contribution in [3.05, 3.63) is 59.1 Å². The van der Waals surface area contributed by atoms with Crippen LogP contribution in [0.25, 0.3) is 10.2 Å². The zero-order valence-corrected chi connectivity index (χ0v) is 16.2. The molecule has 4 rings (SSSR count). The van der Waals surface area contributed by atoms with Gasteiger partial charge in [-0.25, -0.2) is 4.98 Å². The van der Waals surface area contributed by atoms with Crippen molar-refractivity contribution in [2.75, 3.05) is 12.8 Å². The van der Waals surface area contributed by atoms with E-state index in [1.807, 2.05) is 23.1 Å². The van der Waals surface area contributed by atoms with Crippen LogP contribution in [0.2, 0.25) is 0 Å². The number of likely N-dealkylation sites (tertiary alicyclic amines) is 1. The Morgan fingerprint density at radius 1 is 1.15 bits per heavy atom. The molecule has 1 amide bonds. The molecule has 2 heterocycles. The molecule has 2 atom stereocenters. The second kappa shape index (κ2) is 7.29. The highest BCUT2D eigenvalue weighted by molar-refractivity contribution is 7.84. The van der Waals surface area contributed by atoms with Crippen LogP contribution in [0.15, 0.2) is 53.4 Å². The van der Waals surface area contributed by atoms with Crippen molar-refractivity contribution >= 4 is 38.3 Å². The number of nitrogens with zero attached hydrogens (tertiary/aromatic N) is 2. The van der Waals surface area contributed by atoms with Crippen LogP contribution in [0.3, 0.4) is 0 Å². The Kier molecular flexibility index (Phi) is 4.87. The fraction of sp³-hybridized carbons (Fsp3) is 0.300. The molecule has 1 saturated heterocycles. The van der Waals surface area contributed by atoms with Crippen LogP contribution in [-0.4, -0.2) is 32.8 Å². The van der Waals surface area contributed by atoms with Crippen LogP contribution in [0.4, 0.5) is 0 Å². The minimum atomic E-state index is -1.03. The molecule has 1 fully saturated rings. The Balaban J connectivity index is 1.64. The van der Waals surface area contributed by atoms with Crippen LogP contribution in [0.5, 0.6) is 0 Å². The summed E-state index contributed by atoms with van der Waals surface area (Å²) < 4.78 is 12.7. The van der Waals surface area contributed by atoms with Crippen LogP contribution >= 0.6 is 11.3 Å². The zero-order valence-electron chi connectivity index (χ0n) is 14.6. The highest BCUT2D eigenvalue weighted by atomic mass is 32.2. The van der Waals surface area contributed by atoms with E-state index in [9.17, 15) is 9.00 Å². The number of benzene rings is 2. The van der Waals surface area contributed by atoms with E-state index < -0.39 is 10.8 Å². The van der Waals surface area contributed by atoms with Crippen molar-refractivity contribution in [1.82, 2.24) is 9.88 Å². The third-order valence-electron chi connectivity index (χ3n) is 4.79. The number of fused-ring (bicyclic) bond motifs is 1. The van der Waals surface area contributed by atoms with Gasteiger partial charge in [-0.2, -0.15) is 0 Å². The molecule has 134 valence electrons. The number of para-hydroxylation sites is 1. The highest BCUT2D eigenvalue weighted by Crippen LogP contribution is 2.36. The van der Waals surface area contributed by atoms with E-state index in [1.54, 1.807) is 41.9 Å². The molecule has 0 spiro atoms. The summed E-state index contributed by atoms with van der Waals surface area (Å²) in [5, 5.41) is 1.02. The Labute approximate surface area is 159 Å². The van der Waals surface area contributed by atoms with Crippen LogP contribution in [-0.2, 0) is 10.8 Å². The standard InChI is InChI=1S/C20H20N2O2S2/c1-26(24)15-11-9-14(10-12-15)20(23)22-13-5-4-7-17(22)19-21-16-6-2-3-8-18(16)25-19/h2-3,6,8-12,17H,4-5,7,13H2,1H3/t17-,26+/m1/s1. The Morgan fingerprint density at radius 3 is 2.65 bits per heavy atom. The van der Waals surface area contributed by atoms with Gasteiger partial charge in [-0.3, -0.25) is 9.00 Å². The van der Waals surface area contributed by atoms with E-state index in [-0.39, 0.29) is 11.9 Å². The average Bonchev–Trinajstić information content (AvgIpc) is 3.11. The predicted molar refractivity (Wildman–Crippen MR) is 106 cm³/mol. The summed E-state index contributed by atoms with van der Waals surface area (Å²) in [6.45, 7) is 0.751. The molecule has 26 heavy (non-hydrogen) atoms. The van der Waals surface area contributed by atoms with Gasteiger partial charge >= 0.3 is 0 Å². The molecule has 0 N–H and O–H groups in total. The van der Waals surface area contributed by atoms with Gasteiger partial charge < -0.3 is 4.90 Å². The van der Waals surface area contributed by atoms with E-state index in [0.717, 1.165) is 45.9 Å². The Hall–Kier alpha value is -2.05. The predicted octanol–water partition coefficient (Wildman–Crippen LogP) is 4.40. The molecule has 0 radical (unpaired) electrons. The first-order valence-electron chi connectivity index (χ1n) is 8.73. The molecule has 1 aromatic heterocycles. The van der Waals surface area contributed by atoms with Gasteiger partial charge in [0.2, 0.25) is 0 Å². The summed E-state index contributed by atoms with van der Waals surface area (Å²) in [4.78, 5) is 20.6. The lowest BCUT2D eigenvalue weighted by atomic mass is 10.0. The lowest BCUT2D eigenvalue weighted by Crippen LogP contribution is -2.38. The SMILES string of the molecule is C[S@](=O)c1ccc(C(=O)N2CCCC[C@@H]2c2nc3ccccc3s2)cc1. The topological polar surface area (TPSA) is 50.3 Å². The minimum absolute atomic E-state index is 0.0300. The quantitative estimate of drug-likeness (QED) is 0.672. The van der Waals surface area contributed by atoms with Gasteiger partial charge in [-0.1, -0.05) is 12.1 Å². The first-order chi connectivity index (χ1) is 12.6. The van der Waals surface area contributed by atoms with Crippen LogP contribution < -0.4 is 0 Å². The fourth-order valence-corrected chi connectivity index (χ4v) is 5.05. The van der Waals surface area contributed by atoms with Gasteiger partial charge in [0, 0.05) is 34.1 Å². The number of carbonyl (C=O) groups is 1. The van der Waals surface area contributed by atoms with E-state index in [0.29, 0.717) is 5.56 Å². The summed E-state index contributed by atoms with van der Waals surface area (Å²) >= 11 is 1.68. The minimum Gasteiger partial charge on any atom is -0.329 e. The van der Waals surface area contributed by atoms with E-state index >= 15 is 0 Å². The van der Waals surface area contributed by atoms with Gasteiger partial charge in [0.25, 0.3) is 5.91 Å². The van der Waals surface area contributed by atoms with E-state index in [2.05, 4.69) is 6.07 Å². The molecular weight excluding hydrogens is 364 g/mol. The average molecular weight is 385 g/mol. The van der Waals surface area contributed by atoms with E-state index in [1.165, 1.54) is 0 Å². The molecule has 0 unspecified atom stereocenters. The van der Waals surface area contributed by atoms with Gasteiger partial charge in [0.1, 0.15) is 5.01 Å². The molecule has 6 heteroatoms. The molecular formula is C20H20N2O2S2. The number of carbonyl (C=O) groups excluding carboxylic acids is 1. The first kappa shape index (κ1) is 17.4. The van der Waals surface area contributed by atoms with Crippen molar-refractivity contribution in [2.24, 2.45) is 0 Å². The summed E-state index contributed by atoms with van der Waals surface area (Å²) in [7, 11) is -1.03. The van der Waals surface area contributed by atoms with Gasteiger partial charge in [-0.15, -0.1) is 11.3 Å². The van der Waals surface area contributed by atoms with Crippen molar-refractivity contribution in [3.8, 4) is 0 Å². The van der Waals surface area contributed by atoms with Crippen molar-refractivity contribution in [3.63, 3.8) is 0 Å². The van der Waals surface area contributed by atoms with Gasteiger partial charge in [0.15, 0.2) is 0 Å². The molecule has 4 nitrogen and oxygen atoms in total. The third kappa shape index (κ3) is 3.31. The van der Waals surface area contributed by atoms with Crippen LogP contribution in [0, 0.1) is 0 Å². The molecule has 0 saturated carbocycles. The molecule has 0 aliphatic carbocycles. The zero-order chi connectivity index (χ0) is 18.1. The monoisotopic (exact) mass is 384 g/mol. The van der Waals surface area contributed by atoms with Gasteiger partial charge in [0.05, 0.1) is 16.3 Å². The third-order valence-corrected chi connectivity index (χ3v) is 6.87. The molecule has 2 aromatic carbocycles. The maximum Gasteiger partial charge on any atom is 0.254 e. The Morgan fingerprint density at radius 2 is 1.92 bits per heavy atom. The number of hydrogen-bond donors (Lipinski definition) is 0. The number of piperidine rings is 1. The van der Waals surface area contributed by atoms with Crippen molar-refractivity contribution in [1.29, 1.82) is 0 Å². The lowest BCUT2D eigenvalue weighted by Gasteiger charge is -2.34. The number of aromatic nitrogens is 1. The van der Waals surface area contributed by atoms with Crippen molar-refractivity contribution < 1.29 is 9.00 Å². The number of hydrogen-bond acceptors (Lipinski definition) is 4. The first-order valence-corrected chi connectivity index (χ1v) is 11.1. The smallest absolute Gasteiger partial charge is 0.254 e. The molecule has 1 aliphatic rings. The van der Waals surface area contributed by atoms with Gasteiger partial charge in [-0.05, 0) is 55.7 Å². The number of rotatable bonds is 3. The van der Waals surface area contributed by atoms with Crippen molar-refractivity contribution in [2.45, 2.75) is 30.2 Å².